The number of hydrogen-bond acceptors (Lipinski definition) is 6. The molecule has 0 aliphatic carbocycles. The van der Waals surface area contributed by atoms with Crippen LogP contribution in [0.4, 0.5) is 0 Å². The van der Waals surface area contributed by atoms with Crippen LogP contribution in [0.3, 0.4) is 0 Å². The van der Waals surface area contributed by atoms with Crippen molar-refractivity contribution in [2.75, 3.05) is 41.0 Å². The molecule has 2 unspecified atom stereocenters. The van der Waals surface area contributed by atoms with Gasteiger partial charge in [0.05, 0.1) is 34.4 Å². The van der Waals surface area contributed by atoms with Crippen molar-refractivity contribution in [1.82, 2.24) is 0 Å². The molecular formula is C45H86NO7+. The molecule has 0 saturated heterocycles. The highest BCUT2D eigenvalue weighted by Crippen LogP contribution is 2.15. The van der Waals surface area contributed by atoms with Crippen LogP contribution in [0.15, 0.2) is 12.2 Å². The zero-order chi connectivity index (χ0) is 39.3. The largest absolute Gasteiger partial charge is 0.477 e. The summed E-state index contributed by atoms with van der Waals surface area (Å²) in [5.74, 6) is -1.47. The fourth-order valence-corrected chi connectivity index (χ4v) is 6.67. The van der Waals surface area contributed by atoms with Crippen molar-refractivity contribution >= 4 is 17.9 Å². The van der Waals surface area contributed by atoms with Gasteiger partial charge in [0, 0.05) is 19.3 Å². The Bertz CT molecular complexity index is 885. The molecule has 0 aromatic heterocycles. The number of likely N-dealkylation sites (N-methyl/N-ethyl adjacent to an activating group) is 1. The van der Waals surface area contributed by atoms with Gasteiger partial charge in [-0.2, -0.15) is 0 Å². The molecule has 0 saturated carbocycles. The summed E-state index contributed by atoms with van der Waals surface area (Å²) in [6, 6.07) is -0.612. The van der Waals surface area contributed by atoms with Crippen molar-refractivity contribution in [3.63, 3.8) is 0 Å². The minimum absolute atomic E-state index is 0.0531. The minimum Gasteiger partial charge on any atom is -0.477 e. The Balaban J connectivity index is 4.34. The molecule has 0 fully saturated rings. The van der Waals surface area contributed by atoms with Crippen molar-refractivity contribution in [1.29, 1.82) is 0 Å². The number of esters is 2. The number of quaternary nitrogens is 1. The lowest BCUT2D eigenvalue weighted by atomic mass is 10.0. The van der Waals surface area contributed by atoms with E-state index in [4.69, 9.17) is 14.2 Å². The van der Waals surface area contributed by atoms with Gasteiger partial charge in [-0.25, -0.2) is 4.79 Å². The third-order valence-electron chi connectivity index (χ3n) is 10.2. The van der Waals surface area contributed by atoms with Crippen LogP contribution in [0, 0.1) is 0 Å². The lowest BCUT2D eigenvalue weighted by Gasteiger charge is -2.31. The van der Waals surface area contributed by atoms with Crippen molar-refractivity contribution in [3.8, 4) is 0 Å². The second-order valence-corrected chi connectivity index (χ2v) is 16.3. The monoisotopic (exact) mass is 753 g/mol. The van der Waals surface area contributed by atoms with E-state index in [0.717, 1.165) is 51.4 Å². The molecule has 53 heavy (non-hydrogen) atoms. The van der Waals surface area contributed by atoms with E-state index in [9.17, 15) is 19.5 Å². The zero-order valence-electron chi connectivity index (χ0n) is 35.5. The Kier molecular flexibility index (Phi) is 35.7. The summed E-state index contributed by atoms with van der Waals surface area (Å²) in [5, 5.41) is 9.61. The Morgan fingerprint density at radius 3 is 1.38 bits per heavy atom. The van der Waals surface area contributed by atoms with E-state index < -0.39 is 18.1 Å². The Hall–Kier alpha value is -1.93. The number of nitrogens with zero attached hydrogens (tertiary/aromatic N) is 1. The molecule has 0 aromatic carbocycles. The first-order chi connectivity index (χ1) is 25.6. The molecular weight excluding hydrogens is 666 g/mol. The summed E-state index contributed by atoms with van der Waals surface area (Å²) in [4.78, 5) is 36.9. The summed E-state index contributed by atoms with van der Waals surface area (Å²) >= 11 is 0. The van der Waals surface area contributed by atoms with Gasteiger partial charge in [-0.1, -0.05) is 161 Å². The highest BCUT2D eigenvalue weighted by molar-refractivity contribution is 5.72. The van der Waals surface area contributed by atoms with Gasteiger partial charge in [0.15, 0.2) is 12.1 Å². The van der Waals surface area contributed by atoms with Gasteiger partial charge in [0.1, 0.15) is 6.61 Å². The summed E-state index contributed by atoms with van der Waals surface area (Å²) in [6.45, 7) is 4.74. The lowest BCUT2D eigenvalue weighted by molar-refractivity contribution is -0.887. The molecule has 0 radical (unpaired) electrons. The summed E-state index contributed by atoms with van der Waals surface area (Å²) in [6.07, 6.45) is 38.2. The van der Waals surface area contributed by atoms with E-state index in [1.54, 1.807) is 0 Å². The number of carboxylic acids is 1. The van der Waals surface area contributed by atoms with Gasteiger partial charge >= 0.3 is 17.9 Å². The molecule has 0 rings (SSSR count). The lowest BCUT2D eigenvalue weighted by Crippen LogP contribution is -2.50. The number of unbranched alkanes of at least 4 members (excludes halogenated alkanes) is 24. The maximum absolute atomic E-state index is 12.7. The van der Waals surface area contributed by atoms with Crippen molar-refractivity contribution in [3.05, 3.63) is 12.2 Å². The van der Waals surface area contributed by atoms with Gasteiger partial charge in [-0.05, 0) is 38.5 Å². The topological polar surface area (TPSA) is 99.1 Å². The number of carbonyl (C=O) groups excluding carboxylic acids is 2. The minimum atomic E-state index is -0.874. The molecule has 0 bridgehead atoms. The third-order valence-corrected chi connectivity index (χ3v) is 10.2. The quantitative estimate of drug-likeness (QED) is 0.0288. The standard InChI is InChI=1S/C45H85NO7/c1-6-8-10-12-14-16-18-20-22-24-26-28-30-32-34-36-44(48)53-41(39-51-38-37-42(45(49)50)46(3,4)5)40-52-43(47)35-33-31-29-27-25-23-21-19-17-15-13-11-9-7-2/h23,25,41-42H,6-22,24,26-40H2,1-5H3/p+1/b25-23+. The van der Waals surface area contributed by atoms with Crippen LogP contribution in [0.5, 0.6) is 0 Å². The van der Waals surface area contributed by atoms with Crippen molar-refractivity contribution in [2.45, 2.75) is 219 Å². The molecule has 8 heteroatoms. The normalized spacial score (nSPS) is 13.0. The van der Waals surface area contributed by atoms with Crippen LogP contribution < -0.4 is 0 Å². The molecule has 0 spiro atoms. The maximum atomic E-state index is 12.7. The molecule has 8 nitrogen and oxygen atoms in total. The molecule has 0 aromatic rings. The first-order valence-corrected chi connectivity index (χ1v) is 22.2. The fraction of sp³-hybridized carbons (Fsp3) is 0.889. The van der Waals surface area contributed by atoms with Crippen LogP contribution in [0.2, 0.25) is 0 Å². The van der Waals surface area contributed by atoms with Gasteiger partial charge in [-0.15, -0.1) is 0 Å². The van der Waals surface area contributed by atoms with Gasteiger partial charge in [-0.3, -0.25) is 9.59 Å². The zero-order valence-corrected chi connectivity index (χ0v) is 35.5. The summed E-state index contributed by atoms with van der Waals surface area (Å²) in [7, 11) is 5.53. The molecule has 312 valence electrons. The number of hydrogen-bond donors (Lipinski definition) is 1. The summed E-state index contributed by atoms with van der Waals surface area (Å²) in [5.41, 5.74) is 0. The first-order valence-electron chi connectivity index (χ1n) is 22.2. The van der Waals surface area contributed by atoms with E-state index in [-0.39, 0.29) is 36.2 Å². The van der Waals surface area contributed by atoms with Crippen LogP contribution >= 0.6 is 0 Å². The highest BCUT2D eigenvalue weighted by Gasteiger charge is 2.31. The number of aliphatic carboxylic acids is 1. The maximum Gasteiger partial charge on any atom is 0.362 e. The molecule has 0 heterocycles. The van der Waals surface area contributed by atoms with Crippen LogP contribution in [-0.4, -0.2) is 80.6 Å². The second kappa shape index (κ2) is 37.0. The van der Waals surface area contributed by atoms with Crippen LogP contribution in [0.1, 0.15) is 206 Å². The molecule has 2 atom stereocenters. The number of carbonyl (C=O) groups is 3. The Morgan fingerprint density at radius 1 is 0.547 bits per heavy atom. The second-order valence-electron chi connectivity index (χ2n) is 16.3. The predicted octanol–water partition coefficient (Wildman–Crippen LogP) is 11.9. The van der Waals surface area contributed by atoms with Crippen LogP contribution in [-0.2, 0) is 28.6 Å². The third kappa shape index (κ3) is 35.5. The van der Waals surface area contributed by atoms with E-state index in [1.807, 2.05) is 21.1 Å². The van der Waals surface area contributed by atoms with E-state index in [1.165, 1.54) is 122 Å². The molecule has 0 aliphatic rings. The first kappa shape index (κ1) is 51.1. The van der Waals surface area contributed by atoms with Gasteiger partial charge in [0.2, 0.25) is 0 Å². The number of ether oxygens (including phenoxy) is 3. The molecule has 0 amide bonds. The van der Waals surface area contributed by atoms with Crippen molar-refractivity contribution < 1.29 is 38.2 Å². The molecule has 1 N–H and O–H groups in total. The summed E-state index contributed by atoms with van der Waals surface area (Å²) < 4.78 is 17.3. The average Bonchev–Trinajstić information content (AvgIpc) is 3.11. The number of carboxylic acid groups (broad SMARTS) is 1. The average molecular weight is 753 g/mol. The van der Waals surface area contributed by atoms with Crippen molar-refractivity contribution in [2.24, 2.45) is 0 Å². The fourth-order valence-electron chi connectivity index (χ4n) is 6.67. The Morgan fingerprint density at radius 2 is 0.943 bits per heavy atom. The number of allylic oxidation sites excluding steroid dienone is 2. The highest BCUT2D eigenvalue weighted by atomic mass is 16.6. The van der Waals surface area contributed by atoms with Gasteiger partial charge in [0.25, 0.3) is 0 Å². The molecule has 0 aliphatic heterocycles. The predicted molar refractivity (Wildman–Crippen MR) is 220 cm³/mol. The van der Waals surface area contributed by atoms with E-state index >= 15 is 0 Å². The smallest absolute Gasteiger partial charge is 0.362 e. The van der Waals surface area contributed by atoms with Crippen LogP contribution in [0.25, 0.3) is 0 Å². The van der Waals surface area contributed by atoms with E-state index in [0.29, 0.717) is 19.3 Å². The van der Waals surface area contributed by atoms with Gasteiger partial charge < -0.3 is 23.8 Å². The van der Waals surface area contributed by atoms with E-state index in [2.05, 4.69) is 26.0 Å². The Labute approximate surface area is 327 Å². The number of rotatable bonds is 40. The SMILES string of the molecule is CCCCCCCCC/C=C/CCCCCC(=O)OCC(COCCC(C(=O)O)[N+](C)(C)C)OC(=O)CCCCCCCCCCCCCCCCC.